The Hall–Kier alpha value is -0.660. The fraction of sp³-hybridized carbons (Fsp3) is 0.857. The van der Waals surface area contributed by atoms with Crippen molar-refractivity contribution in [3.05, 3.63) is 12.5 Å². The first-order chi connectivity index (χ1) is 7.71. The van der Waals surface area contributed by atoms with Crippen LogP contribution in [0.3, 0.4) is 0 Å². The quantitative estimate of drug-likeness (QED) is 0.563. The Morgan fingerprint density at radius 2 is 1.50 bits per heavy atom. The van der Waals surface area contributed by atoms with E-state index in [0.29, 0.717) is 5.92 Å². The van der Waals surface area contributed by atoms with E-state index in [1.54, 1.807) is 12.5 Å². The summed E-state index contributed by atoms with van der Waals surface area (Å²) in [5.41, 5.74) is 0. The van der Waals surface area contributed by atoms with Gasteiger partial charge in [-0.25, -0.2) is 0 Å². The van der Waals surface area contributed by atoms with Gasteiger partial charge in [0.25, 0.3) is 5.79 Å². The average Bonchev–Trinajstić information content (AvgIpc) is 2.73. The Bertz CT molecular complexity index is 201. The van der Waals surface area contributed by atoms with E-state index in [4.69, 9.17) is 9.47 Å². The average molecular weight is 226 g/mol. The van der Waals surface area contributed by atoms with Gasteiger partial charge >= 0.3 is 0 Å². The van der Waals surface area contributed by atoms with Crippen LogP contribution in [-0.4, -0.2) is 5.79 Å². The van der Waals surface area contributed by atoms with E-state index < -0.39 is 0 Å². The maximum absolute atomic E-state index is 5.63. The molecule has 0 saturated carbocycles. The SMILES string of the molecule is CCCCCCCCC1(C(C)C)OC=CO1. The monoisotopic (exact) mass is 226 g/mol. The summed E-state index contributed by atoms with van der Waals surface area (Å²) in [4.78, 5) is 0. The summed E-state index contributed by atoms with van der Waals surface area (Å²) >= 11 is 0. The molecule has 0 unspecified atom stereocenters. The molecule has 1 aliphatic heterocycles. The van der Waals surface area contributed by atoms with Crippen LogP contribution in [0.15, 0.2) is 12.5 Å². The second-order valence-electron chi connectivity index (χ2n) is 4.99. The van der Waals surface area contributed by atoms with Crippen molar-refractivity contribution in [2.45, 2.75) is 71.5 Å². The van der Waals surface area contributed by atoms with Crippen molar-refractivity contribution in [3.8, 4) is 0 Å². The van der Waals surface area contributed by atoms with Gasteiger partial charge in [-0.2, -0.15) is 0 Å². The standard InChI is InChI=1S/C14H26O2/c1-4-5-6-7-8-9-10-14(13(2)3)15-11-12-16-14/h11-13H,4-10H2,1-3H3. The zero-order valence-corrected chi connectivity index (χ0v) is 11.0. The molecule has 0 fully saturated rings. The Morgan fingerprint density at radius 3 is 2.06 bits per heavy atom. The van der Waals surface area contributed by atoms with Crippen LogP contribution in [0.2, 0.25) is 0 Å². The highest BCUT2D eigenvalue weighted by atomic mass is 16.7. The van der Waals surface area contributed by atoms with Gasteiger partial charge in [0.2, 0.25) is 0 Å². The molecule has 16 heavy (non-hydrogen) atoms. The number of unbranched alkanes of at least 4 members (excludes halogenated alkanes) is 5. The van der Waals surface area contributed by atoms with Gasteiger partial charge in [0.05, 0.1) is 0 Å². The molecule has 0 radical (unpaired) electrons. The molecule has 0 saturated heterocycles. The van der Waals surface area contributed by atoms with Gasteiger partial charge in [0.15, 0.2) is 0 Å². The zero-order chi connectivity index (χ0) is 11.9. The van der Waals surface area contributed by atoms with Crippen molar-refractivity contribution in [2.75, 3.05) is 0 Å². The van der Waals surface area contributed by atoms with Gasteiger partial charge in [-0.3, -0.25) is 0 Å². The minimum Gasteiger partial charge on any atom is -0.457 e. The first-order valence-electron chi connectivity index (χ1n) is 6.72. The van der Waals surface area contributed by atoms with Crippen LogP contribution in [0.5, 0.6) is 0 Å². The second kappa shape index (κ2) is 6.82. The molecule has 0 amide bonds. The van der Waals surface area contributed by atoms with Crippen molar-refractivity contribution in [1.82, 2.24) is 0 Å². The van der Waals surface area contributed by atoms with E-state index in [1.165, 1.54) is 38.5 Å². The first kappa shape index (κ1) is 13.4. The molecule has 0 aromatic rings. The van der Waals surface area contributed by atoms with Crippen LogP contribution < -0.4 is 0 Å². The molecule has 0 spiro atoms. The second-order valence-corrected chi connectivity index (χ2v) is 4.99. The van der Waals surface area contributed by atoms with E-state index in [9.17, 15) is 0 Å². The summed E-state index contributed by atoms with van der Waals surface area (Å²) in [5.74, 6) is 0.0308. The molecule has 2 heteroatoms. The maximum atomic E-state index is 5.63. The number of hydrogen-bond donors (Lipinski definition) is 0. The predicted molar refractivity (Wildman–Crippen MR) is 66.9 cm³/mol. The van der Waals surface area contributed by atoms with Crippen LogP contribution in [-0.2, 0) is 9.47 Å². The third kappa shape index (κ3) is 3.73. The van der Waals surface area contributed by atoms with E-state index in [1.807, 2.05) is 0 Å². The molecule has 0 aromatic carbocycles. The molecule has 94 valence electrons. The summed E-state index contributed by atoms with van der Waals surface area (Å²) in [6.45, 7) is 6.56. The minimum absolute atomic E-state index is 0.370. The fourth-order valence-electron chi connectivity index (χ4n) is 2.14. The Labute approximate surface area is 100 Å². The number of rotatable bonds is 8. The van der Waals surface area contributed by atoms with E-state index in [2.05, 4.69) is 20.8 Å². The summed E-state index contributed by atoms with van der Waals surface area (Å²) in [6, 6.07) is 0. The van der Waals surface area contributed by atoms with Gasteiger partial charge in [-0.1, -0.05) is 52.9 Å². The van der Waals surface area contributed by atoms with Crippen molar-refractivity contribution in [2.24, 2.45) is 5.92 Å². The summed E-state index contributed by atoms with van der Waals surface area (Å²) in [5, 5.41) is 0. The molecule has 1 heterocycles. The highest BCUT2D eigenvalue weighted by Crippen LogP contribution is 2.33. The highest BCUT2D eigenvalue weighted by Gasteiger charge is 2.38. The van der Waals surface area contributed by atoms with Crippen LogP contribution in [0, 0.1) is 5.92 Å². The zero-order valence-electron chi connectivity index (χ0n) is 11.0. The molecule has 0 aromatic heterocycles. The van der Waals surface area contributed by atoms with Crippen molar-refractivity contribution in [1.29, 1.82) is 0 Å². The lowest BCUT2D eigenvalue weighted by molar-refractivity contribution is -0.178. The molecule has 0 atom stereocenters. The summed E-state index contributed by atoms with van der Waals surface area (Å²) in [7, 11) is 0. The maximum Gasteiger partial charge on any atom is 0.252 e. The predicted octanol–water partition coefficient (Wildman–Crippen LogP) is 4.61. The van der Waals surface area contributed by atoms with Gasteiger partial charge in [0.1, 0.15) is 12.5 Å². The van der Waals surface area contributed by atoms with E-state index in [-0.39, 0.29) is 5.79 Å². The van der Waals surface area contributed by atoms with Crippen LogP contribution in [0.25, 0.3) is 0 Å². The van der Waals surface area contributed by atoms with E-state index >= 15 is 0 Å². The smallest absolute Gasteiger partial charge is 0.252 e. The Kier molecular flexibility index (Phi) is 5.72. The Morgan fingerprint density at radius 1 is 0.938 bits per heavy atom. The first-order valence-corrected chi connectivity index (χ1v) is 6.72. The lowest BCUT2D eigenvalue weighted by Crippen LogP contribution is -2.36. The molecule has 1 aliphatic rings. The normalized spacial score (nSPS) is 17.5. The molecule has 0 bridgehead atoms. The van der Waals surface area contributed by atoms with Crippen LogP contribution >= 0.6 is 0 Å². The summed E-state index contributed by atoms with van der Waals surface area (Å²) in [6.07, 6.45) is 12.2. The lowest BCUT2D eigenvalue weighted by atomic mass is 9.96. The molecule has 1 rings (SSSR count). The van der Waals surface area contributed by atoms with Crippen molar-refractivity contribution < 1.29 is 9.47 Å². The van der Waals surface area contributed by atoms with E-state index in [0.717, 1.165) is 6.42 Å². The molecule has 2 nitrogen and oxygen atoms in total. The third-order valence-electron chi connectivity index (χ3n) is 3.35. The van der Waals surface area contributed by atoms with Gasteiger partial charge in [0, 0.05) is 12.3 Å². The fourth-order valence-corrected chi connectivity index (χ4v) is 2.14. The third-order valence-corrected chi connectivity index (χ3v) is 3.35. The van der Waals surface area contributed by atoms with Crippen LogP contribution in [0.4, 0.5) is 0 Å². The van der Waals surface area contributed by atoms with Gasteiger partial charge < -0.3 is 9.47 Å². The lowest BCUT2D eigenvalue weighted by Gasteiger charge is -2.31. The molecular formula is C14H26O2. The molecule has 0 aliphatic carbocycles. The molecule has 0 N–H and O–H groups in total. The van der Waals surface area contributed by atoms with Gasteiger partial charge in [-0.05, 0) is 6.42 Å². The Balaban J connectivity index is 2.14. The number of ether oxygens (including phenoxy) is 2. The number of hydrogen-bond acceptors (Lipinski definition) is 2. The van der Waals surface area contributed by atoms with Crippen molar-refractivity contribution >= 4 is 0 Å². The minimum atomic E-state index is -0.370. The largest absolute Gasteiger partial charge is 0.457 e. The van der Waals surface area contributed by atoms with Crippen LogP contribution in [0.1, 0.15) is 65.7 Å². The van der Waals surface area contributed by atoms with Crippen molar-refractivity contribution in [3.63, 3.8) is 0 Å². The topological polar surface area (TPSA) is 18.5 Å². The summed E-state index contributed by atoms with van der Waals surface area (Å²) < 4.78 is 11.3. The van der Waals surface area contributed by atoms with Gasteiger partial charge in [-0.15, -0.1) is 0 Å². The highest BCUT2D eigenvalue weighted by molar-refractivity contribution is 4.86. The molecular weight excluding hydrogens is 200 g/mol.